The monoisotopic (exact) mass is 322 g/mol. The zero-order valence-corrected chi connectivity index (χ0v) is 15.0. The summed E-state index contributed by atoms with van der Waals surface area (Å²) in [6, 6.07) is 18.1. The van der Waals surface area contributed by atoms with Crippen LogP contribution in [-0.4, -0.2) is 4.82 Å². The Hall–Kier alpha value is -1.50. The Morgan fingerprint density at radius 1 is 0.955 bits per heavy atom. The average Bonchev–Trinajstić information content (AvgIpc) is 3.20. The van der Waals surface area contributed by atoms with Gasteiger partial charge < -0.3 is 14.9 Å². The van der Waals surface area contributed by atoms with E-state index in [0.29, 0.717) is 0 Å². The van der Waals surface area contributed by atoms with E-state index < -0.39 is 0 Å². The van der Waals surface area contributed by atoms with E-state index in [2.05, 4.69) is 59.4 Å². The molecule has 22 heavy (non-hydrogen) atoms. The quantitative estimate of drug-likeness (QED) is 0.393. The van der Waals surface area contributed by atoms with Crippen LogP contribution in [-0.2, 0) is 26.4 Å². The number of allylic oxidation sites excluding steroid dienone is 4. The van der Waals surface area contributed by atoms with Gasteiger partial charge in [0.15, 0.2) is 0 Å². The maximum absolute atomic E-state index is 3.30. The first-order valence-corrected chi connectivity index (χ1v) is 7.70. The van der Waals surface area contributed by atoms with E-state index in [9.17, 15) is 0 Å². The van der Waals surface area contributed by atoms with Crippen molar-refractivity contribution in [3.63, 3.8) is 0 Å². The molecule has 0 atom stereocenters. The zero-order chi connectivity index (χ0) is 14.2. The minimum Gasteiger partial charge on any atom is -0.358 e. The predicted molar refractivity (Wildman–Crippen MR) is 95.0 cm³/mol. The Bertz CT molecular complexity index is 570. The second kappa shape index (κ2) is 11.1. The summed E-state index contributed by atoms with van der Waals surface area (Å²) >= 11 is 1.75. The molecule has 0 heterocycles. The summed E-state index contributed by atoms with van der Waals surface area (Å²) in [5.41, 5.74) is 5.51. The van der Waals surface area contributed by atoms with Crippen LogP contribution in [0.4, 0.5) is 0 Å². The normalized spacial score (nSPS) is 11.4. The fourth-order valence-electron chi connectivity index (χ4n) is 2.34. The zero-order valence-electron chi connectivity index (χ0n) is 13.4. The van der Waals surface area contributed by atoms with Gasteiger partial charge >= 0.3 is 24.8 Å². The van der Waals surface area contributed by atoms with Crippen molar-refractivity contribution >= 4 is 4.82 Å². The third-order valence-corrected chi connectivity index (χ3v) is 3.20. The topological polar surface area (TPSA) is 0 Å². The van der Waals surface area contributed by atoms with Crippen LogP contribution in [0, 0.1) is 27.0 Å². The Kier molecular flexibility index (Phi) is 10.4. The van der Waals surface area contributed by atoms with Crippen molar-refractivity contribution in [3.8, 4) is 11.1 Å². The van der Waals surface area contributed by atoms with Gasteiger partial charge in [-0.1, -0.05) is 35.4 Å². The summed E-state index contributed by atoms with van der Waals surface area (Å²) in [5, 5.41) is 0. The molecule has 0 aliphatic heterocycles. The molecule has 0 nitrogen and oxygen atoms in total. The number of hydrogen-bond donors (Lipinski definition) is 0. The summed E-state index contributed by atoms with van der Waals surface area (Å²) in [6.07, 6.45) is 11.0. The summed E-state index contributed by atoms with van der Waals surface area (Å²) < 4.78 is 0. The third-order valence-electron chi connectivity index (χ3n) is 3.20. The van der Waals surface area contributed by atoms with E-state index in [4.69, 9.17) is 0 Å². The van der Waals surface area contributed by atoms with Gasteiger partial charge in [0.05, 0.1) is 0 Å². The fourth-order valence-corrected chi connectivity index (χ4v) is 2.34. The molecule has 2 aliphatic carbocycles. The van der Waals surface area contributed by atoms with Crippen molar-refractivity contribution in [1.82, 2.24) is 0 Å². The smallest absolute Gasteiger partial charge is 0.0253 e. The average molecular weight is 322 g/mol. The van der Waals surface area contributed by atoms with Crippen LogP contribution in [0.1, 0.15) is 17.5 Å². The number of hydrogen-bond acceptors (Lipinski definition) is 0. The molecule has 0 saturated carbocycles. The minimum atomic E-state index is 0. The second-order valence-electron chi connectivity index (χ2n) is 4.40. The van der Waals surface area contributed by atoms with Crippen LogP contribution in [0.15, 0.2) is 60.7 Å². The SMILES string of the molecule is [C-]1=CC=CC1.[CH2]=[Ti].[CH3-].[CH3-].[c-]1cccc2c1Cc1ccccc1-2. The van der Waals surface area contributed by atoms with Crippen LogP contribution in [0.25, 0.3) is 11.1 Å². The minimum absolute atomic E-state index is 0. The first kappa shape index (κ1) is 20.5. The molecule has 0 spiro atoms. The molecule has 0 N–H and O–H groups in total. The molecule has 0 amide bonds. The van der Waals surface area contributed by atoms with Gasteiger partial charge in [-0.2, -0.15) is 35.9 Å². The molecule has 0 saturated heterocycles. The maximum Gasteiger partial charge on any atom is -0.0253 e. The van der Waals surface area contributed by atoms with Gasteiger partial charge in [-0.25, -0.2) is 12.2 Å². The molecule has 114 valence electrons. The van der Waals surface area contributed by atoms with Crippen LogP contribution < -0.4 is 0 Å². The van der Waals surface area contributed by atoms with Crippen LogP contribution >= 0.6 is 0 Å². The van der Waals surface area contributed by atoms with Crippen LogP contribution in [0.5, 0.6) is 0 Å². The van der Waals surface area contributed by atoms with Gasteiger partial charge in [0.25, 0.3) is 0 Å². The van der Waals surface area contributed by atoms with Gasteiger partial charge in [-0.15, -0.1) is 12.0 Å². The molecule has 1 heteroatoms. The first-order valence-electron chi connectivity index (χ1n) is 6.60. The summed E-state index contributed by atoms with van der Waals surface area (Å²) in [5.74, 6) is 0. The van der Waals surface area contributed by atoms with E-state index >= 15 is 0 Å². The molecule has 0 fully saturated rings. The van der Waals surface area contributed by atoms with E-state index in [1.807, 2.05) is 18.2 Å². The molecule has 0 radical (unpaired) electrons. The van der Waals surface area contributed by atoms with Gasteiger partial charge in [0.1, 0.15) is 0 Å². The van der Waals surface area contributed by atoms with E-state index in [1.165, 1.54) is 22.3 Å². The van der Waals surface area contributed by atoms with Gasteiger partial charge in [-0.05, 0) is 6.42 Å². The molecule has 2 aliphatic rings. The molecular weight excluding hydrogens is 300 g/mol. The molecule has 2 aromatic rings. The van der Waals surface area contributed by atoms with Crippen molar-refractivity contribution in [2.24, 2.45) is 0 Å². The number of fused-ring (bicyclic) bond motifs is 3. The van der Waals surface area contributed by atoms with Crippen LogP contribution in [0.3, 0.4) is 0 Å². The largest absolute Gasteiger partial charge is 0.358 e. The van der Waals surface area contributed by atoms with Crippen molar-refractivity contribution in [3.05, 3.63) is 98.8 Å². The third kappa shape index (κ3) is 5.05. The molecule has 0 unspecified atom stereocenters. The standard InChI is InChI=1S/C13H9.C5H5.2CH3.CH2.Ti/c1-3-7-12-10(5-1)9-11-6-2-4-8-13(11)12;1-2-4-5-3-1;;;;/h1-5,7-8H,9H2;1-3H,4H2;2*1H3;1H2;/q4*-1;;. The number of benzene rings is 2. The van der Waals surface area contributed by atoms with Crippen molar-refractivity contribution in [2.75, 3.05) is 0 Å². The second-order valence-corrected chi connectivity index (χ2v) is 4.40. The Balaban J connectivity index is 0.000000422. The van der Waals surface area contributed by atoms with E-state index in [0.717, 1.165) is 12.8 Å². The summed E-state index contributed by atoms with van der Waals surface area (Å²) in [4.78, 5) is 3.25. The van der Waals surface area contributed by atoms with Crippen LogP contribution in [0.2, 0.25) is 0 Å². The number of rotatable bonds is 0. The summed E-state index contributed by atoms with van der Waals surface area (Å²) in [6.45, 7) is 0. The predicted octanol–water partition coefficient (Wildman–Crippen LogP) is 5.23. The van der Waals surface area contributed by atoms with Crippen molar-refractivity contribution in [1.29, 1.82) is 0 Å². The first-order chi connectivity index (χ1) is 9.95. The molecular formula is C21H22Ti-4. The Morgan fingerprint density at radius 3 is 2.32 bits per heavy atom. The van der Waals surface area contributed by atoms with Gasteiger partial charge in [0.2, 0.25) is 0 Å². The maximum atomic E-state index is 3.30. The molecule has 0 aromatic heterocycles. The van der Waals surface area contributed by atoms with Crippen molar-refractivity contribution < 1.29 is 20.0 Å². The van der Waals surface area contributed by atoms with Crippen molar-refractivity contribution in [2.45, 2.75) is 12.8 Å². The van der Waals surface area contributed by atoms with Gasteiger partial charge in [0, 0.05) is 0 Å². The molecule has 2 aromatic carbocycles. The summed E-state index contributed by atoms with van der Waals surface area (Å²) in [7, 11) is 0. The molecule has 0 bridgehead atoms. The van der Waals surface area contributed by atoms with Gasteiger partial charge in [-0.3, -0.25) is 6.08 Å². The van der Waals surface area contributed by atoms with E-state index in [-0.39, 0.29) is 14.9 Å². The fraction of sp³-hybridized carbons (Fsp3) is 0.0952. The molecule has 4 rings (SSSR count). The Morgan fingerprint density at radius 2 is 1.68 bits per heavy atom. The van der Waals surface area contributed by atoms with E-state index in [1.54, 1.807) is 20.0 Å². The Labute approximate surface area is 147 Å².